The molecule has 1 fully saturated rings. The maximum atomic E-state index is 12.5. The zero-order valence-corrected chi connectivity index (χ0v) is 17.5. The highest BCUT2D eigenvalue weighted by Crippen LogP contribution is 2.27. The second-order valence-electron chi connectivity index (χ2n) is 6.91. The van der Waals surface area contributed by atoms with Gasteiger partial charge in [-0.2, -0.15) is 9.50 Å². The number of morpholine rings is 1. The van der Waals surface area contributed by atoms with E-state index in [0.29, 0.717) is 23.0 Å². The molecule has 2 aromatic carbocycles. The van der Waals surface area contributed by atoms with Crippen LogP contribution in [0.25, 0.3) is 0 Å². The van der Waals surface area contributed by atoms with Gasteiger partial charge < -0.3 is 14.6 Å². The van der Waals surface area contributed by atoms with Gasteiger partial charge >= 0.3 is 0 Å². The zero-order chi connectivity index (χ0) is 20.9. The molecule has 0 amide bonds. The standard InChI is InChI=1S/C21H24N4O4S/c1-28-19-14-16(6-7-18(19)26)15-22-25(9-8-24-10-12-29-13-11-24)21-17-4-2-3-5-20(17)30(27)23-21/h2-7,14-15,26H,8-13H2,1H3/b22-15+. The van der Waals surface area contributed by atoms with E-state index >= 15 is 0 Å². The normalized spacial score (nSPS) is 19.0. The molecule has 1 saturated heterocycles. The van der Waals surface area contributed by atoms with Crippen LogP contribution in [0.2, 0.25) is 0 Å². The van der Waals surface area contributed by atoms with Crippen LogP contribution >= 0.6 is 0 Å². The molecule has 158 valence electrons. The summed E-state index contributed by atoms with van der Waals surface area (Å²) in [7, 11) is 0.0768. The SMILES string of the molecule is COc1cc(/C=N/N(CCN2CCOCC2)C2=NS(=O)c3ccccc32)ccc1O. The van der Waals surface area contributed by atoms with Gasteiger partial charge in [0.25, 0.3) is 0 Å². The summed E-state index contributed by atoms with van der Waals surface area (Å²) < 4.78 is 27.4. The average Bonchev–Trinajstić information content (AvgIpc) is 3.12. The lowest BCUT2D eigenvalue weighted by molar-refractivity contribution is 0.0360. The Morgan fingerprint density at radius 3 is 2.90 bits per heavy atom. The summed E-state index contributed by atoms with van der Waals surface area (Å²) >= 11 is 0. The number of hydrazone groups is 1. The number of aromatic hydroxyl groups is 1. The van der Waals surface area contributed by atoms with Gasteiger partial charge in [0.15, 0.2) is 28.3 Å². The summed E-state index contributed by atoms with van der Waals surface area (Å²) in [6, 6.07) is 12.5. The third-order valence-electron chi connectivity index (χ3n) is 5.01. The van der Waals surface area contributed by atoms with Crippen LogP contribution in [-0.2, 0) is 15.7 Å². The van der Waals surface area contributed by atoms with Crippen LogP contribution in [0.3, 0.4) is 0 Å². The summed E-state index contributed by atoms with van der Waals surface area (Å²) in [4.78, 5) is 3.01. The van der Waals surface area contributed by atoms with Crippen LogP contribution in [0, 0.1) is 0 Å². The van der Waals surface area contributed by atoms with Gasteiger partial charge in [-0.05, 0) is 35.9 Å². The van der Waals surface area contributed by atoms with Crippen molar-refractivity contribution in [3.63, 3.8) is 0 Å². The Balaban J connectivity index is 1.59. The van der Waals surface area contributed by atoms with E-state index in [1.807, 2.05) is 24.3 Å². The largest absolute Gasteiger partial charge is 0.504 e. The number of hydrogen-bond donors (Lipinski definition) is 1. The lowest BCUT2D eigenvalue weighted by Gasteiger charge is -2.28. The van der Waals surface area contributed by atoms with Crippen molar-refractivity contribution in [1.82, 2.24) is 9.91 Å². The fourth-order valence-corrected chi connectivity index (χ4v) is 4.35. The predicted octanol–water partition coefficient (Wildman–Crippen LogP) is 1.85. The van der Waals surface area contributed by atoms with E-state index < -0.39 is 11.0 Å². The van der Waals surface area contributed by atoms with E-state index in [4.69, 9.17) is 9.47 Å². The van der Waals surface area contributed by atoms with Crippen LogP contribution in [0.4, 0.5) is 0 Å². The fraction of sp³-hybridized carbons (Fsp3) is 0.333. The van der Waals surface area contributed by atoms with Gasteiger partial charge in [-0.1, -0.05) is 12.1 Å². The summed E-state index contributed by atoms with van der Waals surface area (Å²) in [5.41, 5.74) is 1.60. The molecule has 0 radical (unpaired) electrons. The van der Waals surface area contributed by atoms with E-state index in [9.17, 15) is 9.32 Å². The van der Waals surface area contributed by atoms with E-state index in [1.54, 1.807) is 29.4 Å². The third-order valence-corrected chi connectivity index (χ3v) is 6.08. The van der Waals surface area contributed by atoms with Crippen LogP contribution in [-0.4, -0.2) is 77.8 Å². The quantitative estimate of drug-likeness (QED) is 0.558. The minimum absolute atomic E-state index is 0.0725. The van der Waals surface area contributed by atoms with E-state index in [-0.39, 0.29) is 5.75 Å². The molecule has 2 aromatic rings. The molecule has 4 rings (SSSR count). The van der Waals surface area contributed by atoms with Crippen molar-refractivity contribution in [2.75, 3.05) is 46.5 Å². The lowest BCUT2D eigenvalue weighted by atomic mass is 10.2. The Hall–Kier alpha value is -2.75. The van der Waals surface area contributed by atoms with Gasteiger partial charge in [0.2, 0.25) is 0 Å². The number of amidine groups is 1. The average molecular weight is 429 g/mol. The molecule has 1 N–H and O–H groups in total. The summed E-state index contributed by atoms with van der Waals surface area (Å²) in [5, 5.41) is 16.2. The molecule has 0 saturated carbocycles. The fourth-order valence-electron chi connectivity index (χ4n) is 3.36. The first kappa shape index (κ1) is 20.5. The molecule has 8 nitrogen and oxygen atoms in total. The topological polar surface area (TPSA) is 87.0 Å². The third kappa shape index (κ3) is 4.53. The molecule has 2 heterocycles. The first-order valence-electron chi connectivity index (χ1n) is 9.74. The van der Waals surface area contributed by atoms with Crippen LogP contribution < -0.4 is 4.74 Å². The number of methoxy groups -OCH3 is 1. The van der Waals surface area contributed by atoms with E-state index in [0.717, 1.165) is 44.0 Å². The van der Waals surface area contributed by atoms with Gasteiger partial charge in [0.05, 0.1) is 38.0 Å². The Morgan fingerprint density at radius 2 is 2.10 bits per heavy atom. The monoisotopic (exact) mass is 428 g/mol. The van der Waals surface area contributed by atoms with Crippen molar-refractivity contribution in [2.24, 2.45) is 9.50 Å². The zero-order valence-electron chi connectivity index (χ0n) is 16.7. The Kier molecular flexibility index (Phi) is 6.41. The highest BCUT2D eigenvalue weighted by Gasteiger charge is 2.26. The number of phenols is 1. The molecule has 1 unspecified atom stereocenters. The summed E-state index contributed by atoms with van der Waals surface area (Å²) in [6.07, 6.45) is 1.69. The molecule has 0 spiro atoms. The van der Waals surface area contributed by atoms with Gasteiger partial charge in [0, 0.05) is 25.2 Å². The van der Waals surface area contributed by atoms with Crippen molar-refractivity contribution in [3.05, 3.63) is 53.6 Å². The first-order valence-corrected chi connectivity index (χ1v) is 10.8. The molecule has 2 aliphatic rings. The number of ether oxygens (including phenoxy) is 2. The van der Waals surface area contributed by atoms with Gasteiger partial charge in [-0.15, -0.1) is 0 Å². The molecule has 0 aromatic heterocycles. The molecule has 2 aliphatic heterocycles. The van der Waals surface area contributed by atoms with Crippen molar-refractivity contribution in [3.8, 4) is 11.5 Å². The second kappa shape index (κ2) is 9.38. The van der Waals surface area contributed by atoms with Crippen molar-refractivity contribution >= 4 is 23.0 Å². The molecule has 0 bridgehead atoms. The molecular formula is C21H24N4O4S. The van der Waals surface area contributed by atoms with Gasteiger partial charge in [-0.3, -0.25) is 4.90 Å². The second-order valence-corrected chi connectivity index (χ2v) is 8.03. The minimum atomic E-state index is -1.43. The maximum Gasteiger partial charge on any atom is 0.175 e. The number of rotatable bonds is 6. The summed E-state index contributed by atoms with van der Waals surface area (Å²) in [5.74, 6) is 1.05. The molecule has 0 aliphatic carbocycles. The van der Waals surface area contributed by atoms with Crippen LogP contribution in [0.15, 0.2) is 56.9 Å². The van der Waals surface area contributed by atoms with E-state index in [1.165, 1.54) is 7.11 Å². The Morgan fingerprint density at radius 1 is 1.30 bits per heavy atom. The number of fused-ring (bicyclic) bond motifs is 1. The van der Waals surface area contributed by atoms with Crippen molar-refractivity contribution in [2.45, 2.75) is 4.90 Å². The van der Waals surface area contributed by atoms with Gasteiger partial charge in [0.1, 0.15) is 0 Å². The number of nitrogens with zero attached hydrogens (tertiary/aromatic N) is 4. The number of phenolic OH excluding ortho intramolecular Hbond substituents is 1. The molecule has 30 heavy (non-hydrogen) atoms. The van der Waals surface area contributed by atoms with E-state index in [2.05, 4.69) is 14.4 Å². The Labute approximate surface area is 178 Å². The molecular weight excluding hydrogens is 404 g/mol. The highest BCUT2D eigenvalue weighted by atomic mass is 32.2. The predicted molar refractivity (Wildman–Crippen MR) is 116 cm³/mol. The number of benzene rings is 2. The van der Waals surface area contributed by atoms with Crippen molar-refractivity contribution < 1.29 is 18.8 Å². The number of hydrogen-bond acceptors (Lipinski definition) is 7. The minimum Gasteiger partial charge on any atom is -0.504 e. The lowest BCUT2D eigenvalue weighted by Crippen LogP contribution is -2.41. The van der Waals surface area contributed by atoms with Crippen LogP contribution in [0.1, 0.15) is 11.1 Å². The molecule has 1 atom stereocenters. The molecule has 9 heteroatoms. The van der Waals surface area contributed by atoms with Gasteiger partial charge in [-0.25, -0.2) is 9.22 Å². The Bertz CT molecular complexity index is 989. The highest BCUT2D eigenvalue weighted by molar-refractivity contribution is 7.84. The van der Waals surface area contributed by atoms with Crippen LogP contribution in [0.5, 0.6) is 11.5 Å². The first-order chi connectivity index (χ1) is 14.7. The summed E-state index contributed by atoms with van der Waals surface area (Å²) in [6.45, 7) is 4.58. The van der Waals surface area contributed by atoms with Crippen molar-refractivity contribution in [1.29, 1.82) is 0 Å². The smallest absolute Gasteiger partial charge is 0.175 e. The maximum absolute atomic E-state index is 12.5.